The lowest BCUT2D eigenvalue weighted by atomic mass is 10.1. The van der Waals surface area contributed by atoms with Crippen LogP contribution in [0.25, 0.3) is 11.3 Å². The molecular weight excluding hydrogens is 250 g/mol. The van der Waals surface area contributed by atoms with Gasteiger partial charge in [-0.3, -0.25) is 0 Å². The molecule has 0 amide bonds. The summed E-state index contributed by atoms with van der Waals surface area (Å²) in [6.45, 7) is 3.77. The minimum absolute atomic E-state index is 0.161. The Bertz CT molecular complexity index is 575. The molecule has 0 bridgehead atoms. The van der Waals surface area contributed by atoms with Crippen molar-refractivity contribution >= 4 is 5.82 Å². The second-order valence-corrected chi connectivity index (χ2v) is 5.36. The van der Waals surface area contributed by atoms with E-state index >= 15 is 0 Å². The Morgan fingerprint density at radius 1 is 1.10 bits per heavy atom. The molecule has 0 saturated carbocycles. The van der Waals surface area contributed by atoms with E-state index in [1.54, 1.807) is 0 Å². The molecule has 1 aromatic carbocycles. The maximum Gasteiger partial charge on any atom is 0.151 e. The first kappa shape index (κ1) is 13.1. The summed E-state index contributed by atoms with van der Waals surface area (Å²) in [4.78, 5) is 2.18. The predicted octanol–water partition coefficient (Wildman–Crippen LogP) is 2.41. The van der Waals surface area contributed by atoms with Crippen LogP contribution in [-0.4, -0.2) is 34.5 Å². The molecule has 4 heteroatoms. The summed E-state index contributed by atoms with van der Waals surface area (Å²) in [5.41, 5.74) is 3.21. The van der Waals surface area contributed by atoms with Crippen LogP contribution in [0.2, 0.25) is 0 Å². The summed E-state index contributed by atoms with van der Waals surface area (Å²) in [7, 11) is 0. The number of nitrogens with zero attached hydrogens (tertiary/aromatic N) is 3. The molecule has 2 aromatic rings. The Labute approximate surface area is 119 Å². The zero-order valence-corrected chi connectivity index (χ0v) is 11.7. The first-order valence-corrected chi connectivity index (χ1v) is 7.06. The van der Waals surface area contributed by atoms with Gasteiger partial charge in [0.05, 0.1) is 11.8 Å². The largest absolute Gasteiger partial charge is 0.393 e. The zero-order chi connectivity index (χ0) is 13.9. The van der Waals surface area contributed by atoms with Gasteiger partial charge in [-0.15, -0.1) is 10.2 Å². The number of hydrogen-bond donors (Lipinski definition) is 1. The summed E-state index contributed by atoms with van der Waals surface area (Å²) >= 11 is 0. The Morgan fingerprint density at radius 3 is 2.55 bits per heavy atom. The second-order valence-electron chi connectivity index (χ2n) is 5.36. The molecule has 1 aromatic heterocycles. The molecule has 104 valence electrons. The van der Waals surface area contributed by atoms with Crippen LogP contribution in [0.3, 0.4) is 0 Å². The van der Waals surface area contributed by atoms with Gasteiger partial charge >= 0.3 is 0 Å². The van der Waals surface area contributed by atoms with E-state index in [4.69, 9.17) is 0 Å². The Hall–Kier alpha value is -1.94. The van der Waals surface area contributed by atoms with Crippen molar-refractivity contribution < 1.29 is 5.11 Å². The van der Waals surface area contributed by atoms with Crippen LogP contribution in [0.15, 0.2) is 36.4 Å². The molecule has 0 aliphatic carbocycles. The van der Waals surface area contributed by atoms with E-state index in [1.165, 1.54) is 5.56 Å². The van der Waals surface area contributed by atoms with Crippen LogP contribution >= 0.6 is 0 Å². The zero-order valence-electron chi connectivity index (χ0n) is 11.7. The van der Waals surface area contributed by atoms with E-state index in [9.17, 15) is 5.11 Å². The van der Waals surface area contributed by atoms with E-state index in [2.05, 4.69) is 34.2 Å². The average molecular weight is 269 g/mol. The first-order chi connectivity index (χ1) is 9.72. The Kier molecular flexibility index (Phi) is 3.65. The molecule has 4 nitrogen and oxygen atoms in total. The van der Waals surface area contributed by atoms with Gasteiger partial charge in [0.25, 0.3) is 0 Å². The van der Waals surface area contributed by atoms with Gasteiger partial charge in [-0.2, -0.15) is 0 Å². The summed E-state index contributed by atoms with van der Waals surface area (Å²) in [6.07, 6.45) is 1.45. The van der Waals surface area contributed by atoms with Crippen LogP contribution < -0.4 is 4.90 Å². The molecule has 0 spiro atoms. The van der Waals surface area contributed by atoms with E-state index < -0.39 is 0 Å². The van der Waals surface area contributed by atoms with Crippen LogP contribution in [0.4, 0.5) is 5.82 Å². The van der Waals surface area contributed by atoms with Crippen molar-refractivity contribution in [2.45, 2.75) is 25.9 Å². The highest BCUT2D eigenvalue weighted by Crippen LogP contribution is 2.21. The number of rotatable bonds is 2. The lowest BCUT2D eigenvalue weighted by Gasteiger charge is -2.30. The van der Waals surface area contributed by atoms with Gasteiger partial charge in [0.1, 0.15) is 0 Å². The highest BCUT2D eigenvalue weighted by Gasteiger charge is 2.18. The van der Waals surface area contributed by atoms with E-state index in [1.807, 2.05) is 24.3 Å². The molecule has 0 radical (unpaired) electrons. The van der Waals surface area contributed by atoms with Gasteiger partial charge in [0.15, 0.2) is 5.82 Å². The van der Waals surface area contributed by atoms with Crippen LogP contribution in [0.1, 0.15) is 18.4 Å². The fourth-order valence-corrected chi connectivity index (χ4v) is 2.55. The van der Waals surface area contributed by atoms with Crippen molar-refractivity contribution in [2.75, 3.05) is 18.0 Å². The minimum atomic E-state index is -0.161. The van der Waals surface area contributed by atoms with Crippen LogP contribution in [0.5, 0.6) is 0 Å². The molecule has 2 heterocycles. The van der Waals surface area contributed by atoms with Crippen molar-refractivity contribution in [1.29, 1.82) is 0 Å². The number of piperidine rings is 1. The predicted molar refractivity (Wildman–Crippen MR) is 79.7 cm³/mol. The number of benzene rings is 1. The standard InChI is InChI=1S/C16H19N3O/c1-12-3-2-4-13(11-12)15-5-6-16(18-17-15)19-9-7-14(20)8-10-19/h2-6,11,14,20H,7-10H2,1H3. The number of aryl methyl sites for hydroxylation is 1. The molecule has 3 rings (SSSR count). The fourth-order valence-electron chi connectivity index (χ4n) is 2.55. The second kappa shape index (κ2) is 5.59. The van der Waals surface area contributed by atoms with Crippen molar-refractivity contribution in [1.82, 2.24) is 10.2 Å². The normalized spacial score (nSPS) is 16.4. The van der Waals surface area contributed by atoms with Crippen molar-refractivity contribution in [3.63, 3.8) is 0 Å². The molecule has 1 fully saturated rings. The first-order valence-electron chi connectivity index (χ1n) is 7.06. The van der Waals surface area contributed by atoms with Crippen LogP contribution in [0, 0.1) is 6.92 Å². The maximum atomic E-state index is 9.53. The Balaban J connectivity index is 1.78. The quantitative estimate of drug-likeness (QED) is 0.909. The van der Waals surface area contributed by atoms with Gasteiger partial charge in [-0.25, -0.2) is 0 Å². The monoisotopic (exact) mass is 269 g/mol. The lowest BCUT2D eigenvalue weighted by Crippen LogP contribution is -2.36. The van der Waals surface area contributed by atoms with Gasteiger partial charge in [-0.1, -0.05) is 23.8 Å². The third-order valence-electron chi connectivity index (χ3n) is 3.75. The van der Waals surface area contributed by atoms with E-state index in [0.29, 0.717) is 0 Å². The highest BCUT2D eigenvalue weighted by atomic mass is 16.3. The molecule has 20 heavy (non-hydrogen) atoms. The van der Waals surface area contributed by atoms with Crippen molar-refractivity contribution in [2.24, 2.45) is 0 Å². The average Bonchev–Trinajstić information content (AvgIpc) is 2.48. The number of anilines is 1. The third kappa shape index (κ3) is 2.80. The summed E-state index contributed by atoms with van der Waals surface area (Å²) in [5, 5.41) is 18.2. The van der Waals surface area contributed by atoms with Crippen molar-refractivity contribution in [3.8, 4) is 11.3 Å². The van der Waals surface area contributed by atoms with E-state index in [0.717, 1.165) is 43.0 Å². The molecule has 1 saturated heterocycles. The molecule has 0 atom stereocenters. The fraction of sp³-hybridized carbons (Fsp3) is 0.375. The molecule has 1 N–H and O–H groups in total. The number of aliphatic hydroxyl groups excluding tert-OH is 1. The van der Waals surface area contributed by atoms with Crippen molar-refractivity contribution in [3.05, 3.63) is 42.0 Å². The van der Waals surface area contributed by atoms with Gasteiger partial charge < -0.3 is 10.0 Å². The molecule has 0 unspecified atom stereocenters. The van der Waals surface area contributed by atoms with Gasteiger partial charge in [0, 0.05) is 18.7 Å². The summed E-state index contributed by atoms with van der Waals surface area (Å²) < 4.78 is 0. The smallest absolute Gasteiger partial charge is 0.151 e. The van der Waals surface area contributed by atoms with Gasteiger partial charge in [0.2, 0.25) is 0 Å². The highest BCUT2D eigenvalue weighted by molar-refractivity contribution is 5.60. The summed E-state index contributed by atoms with van der Waals surface area (Å²) in [6, 6.07) is 12.3. The number of aliphatic hydroxyl groups is 1. The SMILES string of the molecule is Cc1cccc(-c2ccc(N3CCC(O)CC3)nn2)c1. The molecular formula is C16H19N3O. The molecule has 1 aliphatic heterocycles. The lowest BCUT2D eigenvalue weighted by molar-refractivity contribution is 0.145. The maximum absolute atomic E-state index is 9.53. The molecule has 1 aliphatic rings. The topological polar surface area (TPSA) is 49.2 Å². The number of aromatic nitrogens is 2. The van der Waals surface area contributed by atoms with Gasteiger partial charge in [-0.05, 0) is 38.0 Å². The number of hydrogen-bond acceptors (Lipinski definition) is 4. The van der Waals surface area contributed by atoms with Crippen LogP contribution in [-0.2, 0) is 0 Å². The Morgan fingerprint density at radius 2 is 1.90 bits per heavy atom. The third-order valence-corrected chi connectivity index (χ3v) is 3.75. The summed E-state index contributed by atoms with van der Waals surface area (Å²) in [5.74, 6) is 0.897. The minimum Gasteiger partial charge on any atom is -0.393 e. The van der Waals surface area contributed by atoms with E-state index in [-0.39, 0.29) is 6.10 Å².